The van der Waals surface area contributed by atoms with Gasteiger partial charge in [0.1, 0.15) is 5.56 Å². The number of nitrogens with zero attached hydrogens (tertiary/aromatic N) is 2. The smallest absolute Gasteiger partial charge is 0.322 e. The Bertz CT molecular complexity index is 633. The number of hydrogen-bond donors (Lipinski definition) is 2. The molecule has 25 heavy (non-hydrogen) atoms. The van der Waals surface area contributed by atoms with Gasteiger partial charge >= 0.3 is 6.03 Å². The van der Waals surface area contributed by atoms with Crippen molar-refractivity contribution in [1.82, 2.24) is 9.88 Å². The Labute approximate surface area is 148 Å². The van der Waals surface area contributed by atoms with Crippen molar-refractivity contribution in [3.8, 4) is 5.88 Å². The fourth-order valence-electron chi connectivity index (χ4n) is 3.28. The van der Waals surface area contributed by atoms with Gasteiger partial charge < -0.3 is 20.7 Å². The SMILES string of the molecule is COc1ncc(NC(=O)N2CC[C@@H](C)CC[C@@H]2C(C)C)cc1C(N)=O. The van der Waals surface area contributed by atoms with Gasteiger partial charge in [-0.2, -0.15) is 0 Å². The van der Waals surface area contributed by atoms with E-state index in [9.17, 15) is 9.59 Å². The first-order chi connectivity index (χ1) is 11.8. The highest BCUT2D eigenvalue weighted by Crippen LogP contribution is 2.27. The Balaban J connectivity index is 2.19. The number of nitrogens with one attached hydrogen (secondary N) is 1. The first-order valence-electron chi connectivity index (χ1n) is 8.75. The van der Waals surface area contributed by atoms with Crippen LogP contribution in [0.4, 0.5) is 10.5 Å². The third kappa shape index (κ3) is 4.61. The van der Waals surface area contributed by atoms with Gasteiger partial charge in [-0.25, -0.2) is 9.78 Å². The number of methoxy groups -OCH3 is 1. The van der Waals surface area contributed by atoms with Crippen molar-refractivity contribution in [2.24, 2.45) is 17.6 Å². The van der Waals surface area contributed by atoms with Crippen molar-refractivity contribution < 1.29 is 14.3 Å². The molecule has 1 fully saturated rings. The molecule has 3 amide bonds. The van der Waals surface area contributed by atoms with E-state index in [-0.39, 0.29) is 23.5 Å². The quantitative estimate of drug-likeness (QED) is 0.874. The summed E-state index contributed by atoms with van der Waals surface area (Å²) in [4.78, 5) is 30.3. The predicted molar refractivity (Wildman–Crippen MR) is 96.7 cm³/mol. The maximum Gasteiger partial charge on any atom is 0.322 e. The molecule has 1 saturated heterocycles. The van der Waals surface area contributed by atoms with Gasteiger partial charge in [0.2, 0.25) is 5.88 Å². The van der Waals surface area contributed by atoms with Crippen molar-refractivity contribution in [3.63, 3.8) is 0 Å². The van der Waals surface area contributed by atoms with E-state index in [0.717, 1.165) is 25.8 Å². The molecule has 0 saturated carbocycles. The highest BCUT2D eigenvalue weighted by atomic mass is 16.5. The molecule has 0 aromatic carbocycles. The second-order valence-corrected chi connectivity index (χ2v) is 7.05. The molecule has 138 valence electrons. The molecule has 2 atom stereocenters. The van der Waals surface area contributed by atoms with Crippen LogP contribution in [0.25, 0.3) is 0 Å². The number of nitrogens with two attached hydrogens (primary N) is 1. The van der Waals surface area contributed by atoms with Crippen LogP contribution in [0, 0.1) is 11.8 Å². The predicted octanol–water partition coefficient (Wildman–Crippen LogP) is 2.87. The number of aromatic nitrogens is 1. The second-order valence-electron chi connectivity index (χ2n) is 7.05. The third-order valence-electron chi connectivity index (χ3n) is 4.81. The fraction of sp³-hybridized carbons (Fsp3) is 0.611. The van der Waals surface area contributed by atoms with Crippen LogP contribution in [0.1, 0.15) is 50.4 Å². The molecular formula is C18H28N4O3. The van der Waals surface area contributed by atoms with E-state index in [0.29, 0.717) is 17.5 Å². The van der Waals surface area contributed by atoms with Crippen LogP contribution in [0.15, 0.2) is 12.3 Å². The van der Waals surface area contributed by atoms with E-state index in [2.05, 4.69) is 31.1 Å². The Morgan fingerprint density at radius 2 is 2.08 bits per heavy atom. The summed E-state index contributed by atoms with van der Waals surface area (Å²) in [5, 5.41) is 2.85. The van der Waals surface area contributed by atoms with Gasteiger partial charge in [-0.1, -0.05) is 20.8 Å². The lowest BCUT2D eigenvalue weighted by Gasteiger charge is -2.33. The number of hydrogen-bond acceptors (Lipinski definition) is 4. The van der Waals surface area contributed by atoms with Crippen LogP contribution < -0.4 is 15.8 Å². The molecule has 2 rings (SSSR count). The van der Waals surface area contributed by atoms with Gasteiger partial charge in [-0.05, 0) is 37.2 Å². The number of carbonyl (C=O) groups is 2. The van der Waals surface area contributed by atoms with Crippen LogP contribution in [0.2, 0.25) is 0 Å². The third-order valence-corrected chi connectivity index (χ3v) is 4.81. The van der Waals surface area contributed by atoms with Crippen molar-refractivity contribution in [2.75, 3.05) is 19.0 Å². The Morgan fingerprint density at radius 3 is 2.68 bits per heavy atom. The number of likely N-dealkylation sites (tertiary alicyclic amines) is 1. The minimum Gasteiger partial charge on any atom is -0.480 e. The minimum absolute atomic E-state index is 0.144. The molecule has 1 aliphatic heterocycles. The molecule has 1 aliphatic rings. The largest absolute Gasteiger partial charge is 0.480 e. The number of amides is 3. The van der Waals surface area contributed by atoms with Crippen molar-refractivity contribution in [1.29, 1.82) is 0 Å². The maximum atomic E-state index is 12.8. The number of primary amides is 1. The first kappa shape index (κ1) is 19.0. The summed E-state index contributed by atoms with van der Waals surface area (Å²) in [6.07, 6.45) is 4.58. The summed E-state index contributed by atoms with van der Waals surface area (Å²) >= 11 is 0. The van der Waals surface area contributed by atoms with Gasteiger partial charge in [-0.15, -0.1) is 0 Å². The summed E-state index contributed by atoms with van der Waals surface area (Å²) in [7, 11) is 1.42. The maximum absolute atomic E-state index is 12.8. The van der Waals surface area contributed by atoms with Crippen LogP contribution in [0.3, 0.4) is 0 Å². The summed E-state index contributed by atoms with van der Waals surface area (Å²) in [5.74, 6) is 0.493. The number of anilines is 1. The fourth-order valence-corrected chi connectivity index (χ4v) is 3.28. The van der Waals surface area contributed by atoms with Crippen LogP contribution >= 0.6 is 0 Å². The Hall–Kier alpha value is -2.31. The molecule has 3 N–H and O–H groups in total. The van der Waals surface area contributed by atoms with Crippen LogP contribution in [0.5, 0.6) is 5.88 Å². The van der Waals surface area contributed by atoms with E-state index >= 15 is 0 Å². The van der Waals surface area contributed by atoms with Crippen molar-refractivity contribution in [2.45, 2.75) is 46.1 Å². The summed E-state index contributed by atoms with van der Waals surface area (Å²) in [6, 6.07) is 1.53. The van der Waals surface area contributed by atoms with Crippen LogP contribution in [-0.2, 0) is 0 Å². The summed E-state index contributed by atoms with van der Waals surface area (Å²) in [6.45, 7) is 7.23. The highest BCUT2D eigenvalue weighted by molar-refractivity contribution is 5.97. The van der Waals surface area contributed by atoms with E-state index < -0.39 is 5.91 Å². The normalized spacial score (nSPS) is 20.9. The second kappa shape index (κ2) is 8.18. The lowest BCUT2D eigenvalue weighted by Crippen LogP contribution is -2.45. The monoisotopic (exact) mass is 348 g/mol. The zero-order valence-electron chi connectivity index (χ0n) is 15.4. The number of ether oxygens (including phenoxy) is 1. The Kier molecular flexibility index (Phi) is 6.22. The van der Waals surface area contributed by atoms with Crippen molar-refractivity contribution >= 4 is 17.6 Å². The van der Waals surface area contributed by atoms with E-state index in [1.807, 2.05) is 4.90 Å². The molecule has 0 unspecified atom stereocenters. The van der Waals surface area contributed by atoms with Gasteiger partial charge in [0.25, 0.3) is 5.91 Å². The molecule has 0 aliphatic carbocycles. The molecule has 1 aromatic rings. The molecular weight excluding hydrogens is 320 g/mol. The first-order valence-corrected chi connectivity index (χ1v) is 8.75. The summed E-state index contributed by atoms with van der Waals surface area (Å²) in [5.41, 5.74) is 5.92. The van der Waals surface area contributed by atoms with E-state index in [1.165, 1.54) is 19.4 Å². The topological polar surface area (TPSA) is 97.6 Å². The van der Waals surface area contributed by atoms with Crippen LogP contribution in [-0.4, -0.2) is 41.5 Å². The molecule has 0 radical (unpaired) electrons. The van der Waals surface area contributed by atoms with E-state index in [4.69, 9.17) is 10.5 Å². The lowest BCUT2D eigenvalue weighted by atomic mass is 9.95. The van der Waals surface area contributed by atoms with Gasteiger partial charge in [0.15, 0.2) is 0 Å². The van der Waals surface area contributed by atoms with Gasteiger partial charge in [0.05, 0.1) is 19.0 Å². The zero-order valence-corrected chi connectivity index (χ0v) is 15.4. The minimum atomic E-state index is -0.649. The lowest BCUT2D eigenvalue weighted by molar-refractivity contribution is 0.0996. The molecule has 7 heteroatoms. The molecule has 0 spiro atoms. The average Bonchev–Trinajstić information content (AvgIpc) is 2.76. The average molecular weight is 348 g/mol. The van der Waals surface area contributed by atoms with Gasteiger partial charge in [-0.3, -0.25) is 4.79 Å². The van der Waals surface area contributed by atoms with Gasteiger partial charge in [0, 0.05) is 12.6 Å². The molecule has 0 bridgehead atoms. The highest BCUT2D eigenvalue weighted by Gasteiger charge is 2.29. The molecule has 7 nitrogen and oxygen atoms in total. The number of rotatable bonds is 4. The van der Waals surface area contributed by atoms with Crippen molar-refractivity contribution in [3.05, 3.63) is 17.8 Å². The zero-order chi connectivity index (χ0) is 18.6. The standard InChI is InChI=1S/C18H28N4O3/c1-11(2)15-6-5-12(3)7-8-22(15)18(24)21-13-9-14(16(19)23)17(25-4)20-10-13/h9-12,15H,5-8H2,1-4H3,(H2,19,23)(H,21,24)/t12-,15+/m0/s1. The van der Waals surface area contributed by atoms with E-state index in [1.54, 1.807) is 0 Å². The number of pyridine rings is 1. The summed E-state index contributed by atoms with van der Waals surface area (Å²) < 4.78 is 5.02. The number of urea groups is 1. The molecule has 1 aromatic heterocycles. The Morgan fingerprint density at radius 1 is 1.36 bits per heavy atom. The molecule has 2 heterocycles. The number of carbonyl (C=O) groups excluding carboxylic acids is 2.